The quantitative estimate of drug-likeness (QED) is 0.613. The average Bonchev–Trinajstić information content (AvgIpc) is 1.95. The Morgan fingerprint density at radius 2 is 1.80 bits per heavy atom. The van der Waals surface area contributed by atoms with Crippen molar-refractivity contribution in [3.8, 4) is 0 Å². The van der Waals surface area contributed by atoms with Crippen LogP contribution in [-0.4, -0.2) is 54.9 Å². The van der Waals surface area contributed by atoms with Gasteiger partial charge in [-0.2, -0.15) is 0 Å². The molecule has 0 bridgehead atoms. The second-order valence-electron chi connectivity index (χ2n) is 2.83. The van der Waals surface area contributed by atoms with Gasteiger partial charge in [-0.25, -0.2) is 0 Å². The van der Waals surface area contributed by atoms with E-state index in [0.717, 1.165) is 5.33 Å². The molecule has 2 nitrogen and oxygen atoms in total. The molecule has 0 unspecified atom stereocenters. The van der Waals surface area contributed by atoms with Gasteiger partial charge >= 0.3 is 0 Å². The summed E-state index contributed by atoms with van der Waals surface area (Å²) >= 11 is 3.44. The van der Waals surface area contributed by atoms with E-state index in [0.29, 0.717) is 0 Å². The summed E-state index contributed by atoms with van der Waals surface area (Å²) in [6, 6.07) is 0. The van der Waals surface area contributed by atoms with Crippen LogP contribution < -0.4 is 0 Å². The van der Waals surface area contributed by atoms with Crippen molar-refractivity contribution < 1.29 is 0 Å². The highest BCUT2D eigenvalue weighted by molar-refractivity contribution is 9.09. The lowest BCUT2D eigenvalue weighted by Crippen LogP contribution is -2.44. The molecule has 0 aromatic rings. The molecule has 0 spiro atoms. The Morgan fingerprint density at radius 1 is 1.20 bits per heavy atom. The van der Waals surface area contributed by atoms with Gasteiger partial charge in [-0.3, -0.25) is 4.90 Å². The van der Waals surface area contributed by atoms with Crippen LogP contribution in [0.2, 0.25) is 0 Å². The zero-order valence-electron chi connectivity index (χ0n) is 6.52. The van der Waals surface area contributed by atoms with Crippen molar-refractivity contribution in [3.05, 3.63) is 0 Å². The smallest absolute Gasteiger partial charge is 0.0159 e. The minimum atomic E-state index is 1.11. The van der Waals surface area contributed by atoms with Crippen LogP contribution in [0.5, 0.6) is 0 Å². The molecule has 10 heavy (non-hydrogen) atoms. The first-order valence-corrected chi connectivity index (χ1v) is 4.92. The van der Waals surface area contributed by atoms with Gasteiger partial charge in [-0.15, -0.1) is 0 Å². The monoisotopic (exact) mass is 206 g/mol. The Balaban J connectivity index is 2.13. The van der Waals surface area contributed by atoms with Gasteiger partial charge in [-0.05, 0) is 7.05 Å². The van der Waals surface area contributed by atoms with Gasteiger partial charge in [0.1, 0.15) is 0 Å². The standard InChI is InChI=1S/C7H15BrN2/c1-9-4-6-10(3-2-8)7-5-9/h2-7H2,1H3. The first-order chi connectivity index (χ1) is 4.83. The minimum Gasteiger partial charge on any atom is -0.304 e. The summed E-state index contributed by atoms with van der Waals surface area (Å²) < 4.78 is 0. The van der Waals surface area contributed by atoms with Crippen LogP contribution in [0, 0.1) is 0 Å². The van der Waals surface area contributed by atoms with E-state index in [2.05, 4.69) is 32.8 Å². The number of alkyl halides is 1. The van der Waals surface area contributed by atoms with Crippen molar-refractivity contribution in [2.24, 2.45) is 0 Å². The summed E-state index contributed by atoms with van der Waals surface area (Å²) in [6.45, 7) is 6.14. The van der Waals surface area contributed by atoms with Crippen molar-refractivity contribution in [3.63, 3.8) is 0 Å². The third-order valence-electron chi connectivity index (χ3n) is 2.00. The molecule has 3 heteroatoms. The number of hydrogen-bond donors (Lipinski definition) is 0. The summed E-state index contributed by atoms with van der Waals surface area (Å²) in [5.41, 5.74) is 0. The molecule has 1 heterocycles. The van der Waals surface area contributed by atoms with E-state index in [9.17, 15) is 0 Å². The summed E-state index contributed by atoms with van der Waals surface area (Å²) in [4.78, 5) is 4.87. The van der Waals surface area contributed by atoms with Crippen molar-refractivity contribution in [1.29, 1.82) is 0 Å². The molecule has 1 aliphatic rings. The maximum absolute atomic E-state index is 3.44. The SMILES string of the molecule is CN1CCN(CCBr)CC1. The third kappa shape index (κ3) is 2.56. The van der Waals surface area contributed by atoms with E-state index in [-0.39, 0.29) is 0 Å². The Kier molecular flexibility index (Phi) is 3.66. The number of piperazine rings is 1. The highest BCUT2D eigenvalue weighted by atomic mass is 79.9. The number of rotatable bonds is 2. The van der Waals surface area contributed by atoms with Crippen LogP contribution in [0.4, 0.5) is 0 Å². The summed E-state index contributed by atoms with van der Waals surface area (Å²) in [6.07, 6.45) is 0. The summed E-state index contributed by atoms with van der Waals surface area (Å²) in [5.74, 6) is 0. The van der Waals surface area contributed by atoms with Crippen LogP contribution in [0.15, 0.2) is 0 Å². The predicted molar refractivity (Wildman–Crippen MR) is 47.7 cm³/mol. The Bertz CT molecular complexity index is 89.6. The lowest BCUT2D eigenvalue weighted by Gasteiger charge is -2.31. The predicted octanol–water partition coefficient (Wildman–Crippen LogP) is 0.629. The molecular weight excluding hydrogens is 192 g/mol. The van der Waals surface area contributed by atoms with Crippen molar-refractivity contribution in [1.82, 2.24) is 9.80 Å². The van der Waals surface area contributed by atoms with Gasteiger partial charge in [-0.1, -0.05) is 15.9 Å². The zero-order chi connectivity index (χ0) is 7.40. The normalized spacial score (nSPS) is 23.4. The van der Waals surface area contributed by atoms with Gasteiger partial charge in [0.05, 0.1) is 0 Å². The van der Waals surface area contributed by atoms with Gasteiger partial charge < -0.3 is 4.90 Å². The highest BCUT2D eigenvalue weighted by Gasteiger charge is 2.11. The number of halogens is 1. The maximum Gasteiger partial charge on any atom is 0.0159 e. The topological polar surface area (TPSA) is 6.48 Å². The van der Waals surface area contributed by atoms with E-state index >= 15 is 0 Å². The van der Waals surface area contributed by atoms with E-state index < -0.39 is 0 Å². The number of hydrogen-bond acceptors (Lipinski definition) is 2. The lowest BCUT2D eigenvalue weighted by molar-refractivity contribution is 0.161. The lowest BCUT2D eigenvalue weighted by atomic mass is 10.3. The fraction of sp³-hybridized carbons (Fsp3) is 1.00. The van der Waals surface area contributed by atoms with Crippen molar-refractivity contribution in [2.75, 3.05) is 45.1 Å². The summed E-state index contributed by atoms with van der Waals surface area (Å²) in [5, 5.41) is 1.11. The van der Waals surface area contributed by atoms with E-state index in [4.69, 9.17) is 0 Å². The largest absolute Gasteiger partial charge is 0.304 e. The van der Waals surface area contributed by atoms with Crippen LogP contribution >= 0.6 is 15.9 Å². The molecule has 0 aliphatic carbocycles. The second kappa shape index (κ2) is 4.31. The van der Waals surface area contributed by atoms with Crippen LogP contribution in [0.3, 0.4) is 0 Å². The second-order valence-corrected chi connectivity index (χ2v) is 3.63. The van der Waals surface area contributed by atoms with Crippen LogP contribution in [-0.2, 0) is 0 Å². The minimum absolute atomic E-state index is 1.11. The third-order valence-corrected chi connectivity index (χ3v) is 2.35. The van der Waals surface area contributed by atoms with Crippen molar-refractivity contribution in [2.45, 2.75) is 0 Å². The first-order valence-electron chi connectivity index (χ1n) is 3.80. The number of nitrogens with zero attached hydrogens (tertiary/aromatic N) is 2. The molecule has 0 amide bonds. The number of likely N-dealkylation sites (N-methyl/N-ethyl adjacent to an activating group) is 1. The molecule has 0 N–H and O–H groups in total. The molecule has 1 aliphatic heterocycles. The highest BCUT2D eigenvalue weighted by Crippen LogP contribution is 1.98. The van der Waals surface area contributed by atoms with Gasteiger partial charge in [0.2, 0.25) is 0 Å². The Morgan fingerprint density at radius 3 is 2.30 bits per heavy atom. The summed E-state index contributed by atoms with van der Waals surface area (Å²) in [7, 11) is 2.19. The maximum atomic E-state index is 3.44. The van der Waals surface area contributed by atoms with Crippen LogP contribution in [0.25, 0.3) is 0 Å². The molecule has 0 aromatic heterocycles. The Labute approximate surface area is 71.3 Å². The molecule has 1 saturated heterocycles. The van der Waals surface area contributed by atoms with E-state index in [1.807, 2.05) is 0 Å². The van der Waals surface area contributed by atoms with Gasteiger partial charge in [0.25, 0.3) is 0 Å². The van der Waals surface area contributed by atoms with E-state index in [1.54, 1.807) is 0 Å². The fourth-order valence-electron chi connectivity index (χ4n) is 1.19. The molecule has 0 radical (unpaired) electrons. The first kappa shape index (κ1) is 8.50. The van der Waals surface area contributed by atoms with E-state index in [1.165, 1.54) is 32.7 Å². The Hall–Kier alpha value is 0.400. The molecule has 60 valence electrons. The fourth-order valence-corrected chi connectivity index (χ4v) is 1.69. The molecule has 1 rings (SSSR count). The van der Waals surface area contributed by atoms with Crippen molar-refractivity contribution >= 4 is 15.9 Å². The average molecular weight is 207 g/mol. The molecule has 0 aromatic carbocycles. The van der Waals surface area contributed by atoms with Crippen LogP contribution in [0.1, 0.15) is 0 Å². The van der Waals surface area contributed by atoms with Gasteiger partial charge in [0, 0.05) is 38.1 Å². The van der Waals surface area contributed by atoms with Gasteiger partial charge in [0.15, 0.2) is 0 Å². The molecular formula is C7H15BrN2. The zero-order valence-corrected chi connectivity index (χ0v) is 8.10. The molecule has 0 atom stereocenters. The molecule has 1 fully saturated rings. The molecule has 0 saturated carbocycles.